The van der Waals surface area contributed by atoms with Gasteiger partial charge >= 0.3 is 0 Å². The van der Waals surface area contributed by atoms with Crippen LogP contribution >= 0.6 is 0 Å². The van der Waals surface area contributed by atoms with E-state index in [1.807, 2.05) is 12.1 Å². The number of nitrogens with zero attached hydrogens (tertiary/aromatic N) is 3. The maximum absolute atomic E-state index is 6.49. The summed E-state index contributed by atoms with van der Waals surface area (Å²) >= 11 is 0. The summed E-state index contributed by atoms with van der Waals surface area (Å²) in [6.07, 6.45) is 0. The van der Waals surface area contributed by atoms with Gasteiger partial charge in [0.05, 0.1) is 27.8 Å². The zero-order chi connectivity index (χ0) is 34.2. The first-order chi connectivity index (χ1) is 25.8. The minimum atomic E-state index is 0.863. The molecular weight excluding hydrogens is 635 g/mol. The minimum absolute atomic E-state index is 0.863. The number of benzene rings is 8. The zero-order valence-corrected chi connectivity index (χ0v) is 28.1. The molecule has 0 aliphatic carbocycles. The molecule has 8 aromatic carbocycles. The summed E-state index contributed by atoms with van der Waals surface area (Å²) in [7, 11) is 0. The molecule has 0 radical (unpaired) electrons. The number of furan rings is 1. The molecule has 11 rings (SSSR count). The molecule has 0 N–H and O–H groups in total. The standard InChI is InChI=1S/C48H31N3O/c1-3-14-32(15-4-1)50-42-22-11-8-20-40(42)48-43(23-13-24-44(48)50)49(35-27-29-39-38-19-9-12-25-46(38)52-47(39)31-35)34-26-28-37-36-18-7-10-21-41(36)51(45(37)30-34)33-16-5-2-6-17-33/h1-31H. The van der Waals surface area contributed by atoms with E-state index in [4.69, 9.17) is 4.42 Å². The van der Waals surface area contributed by atoms with E-state index in [-0.39, 0.29) is 0 Å². The molecule has 4 heteroatoms. The number of aromatic nitrogens is 2. The highest BCUT2D eigenvalue weighted by Crippen LogP contribution is 2.46. The van der Waals surface area contributed by atoms with Crippen LogP contribution in [0.4, 0.5) is 17.1 Å². The van der Waals surface area contributed by atoms with Gasteiger partial charge in [-0.2, -0.15) is 0 Å². The first-order valence-corrected chi connectivity index (χ1v) is 17.7. The van der Waals surface area contributed by atoms with Crippen molar-refractivity contribution in [2.45, 2.75) is 0 Å². The molecule has 0 saturated heterocycles. The van der Waals surface area contributed by atoms with E-state index in [9.17, 15) is 0 Å². The Morgan fingerprint density at radius 3 is 1.62 bits per heavy atom. The summed E-state index contributed by atoms with van der Waals surface area (Å²) in [5.41, 5.74) is 11.9. The van der Waals surface area contributed by atoms with E-state index in [1.165, 1.54) is 32.6 Å². The van der Waals surface area contributed by atoms with E-state index < -0.39 is 0 Å². The van der Waals surface area contributed by atoms with Gasteiger partial charge in [0.25, 0.3) is 0 Å². The smallest absolute Gasteiger partial charge is 0.137 e. The topological polar surface area (TPSA) is 26.2 Å². The van der Waals surface area contributed by atoms with E-state index in [1.54, 1.807) is 0 Å². The van der Waals surface area contributed by atoms with Crippen LogP contribution in [-0.4, -0.2) is 9.13 Å². The second kappa shape index (κ2) is 11.2. The van der Waals surface area contributed by atoms with Crippen molar-refractivity contribution in [3.8, 4) is 11.4 Å². The maximum atomic E-state index is 6.49. The summed E-state index contributed by atoms with van der Waals surface area (Å²) in [4.78, 5) is 2.41. The van der Waals surface area contributed by atoms with Crippen molar-refractivity contribution >= 4 is 82.6 Å². The van der Waals surface area contributed by atoms with E-state index in [2.05, 4.69) is 190 Å². The number of hydrogen-bond donors (Lipinski definition) is 0. The van der Waals surface area contributed by atoms with Crippen LogP contribution in [0.2, 0.25) is 0 Å². The van der Waals surface area contributed by atoms with Crippen LogP contribution in [-0.2, 0) is 0 Å². The largest absolute Gasteiger partial charge is 0.456 e. The fraction of sp³-hybridized carbons (Fsp3) is 0. The normalized spacial score (nSPS) is 11.8. The molecule has 0 spiro atoms. The van der Waals surface area contributed by atoms with Crippen LogP contribution in [0.3, 0.4) is 0 Å². The molecule has 0 unspecified atom stereocenters. The van der Waals surface area contributed by atoms with Gasteiger partial charge in [-0.25, -0.2) is 0 Å². The summed E-state index contributed by atoms with van der Waals surface area (Å²) in [5.74, 6) is 0. The zero-order valence-electron chi connectivity index (χ0n) is 28.1. The number of fused-ring (bicyclic) bond motifs is 9. The Kier molecular flexibility index (Phi) is 6.22. The lowest BCUT2D eigenvalue weighted by molar-refractivity contribution is 0.669. The molecular formula is C48H31N3O. The molecule has 244 valence electrons. The first-order valence-electron chi connectivity index (χ1n) is 17.7. The monoisotopic (exact) mass is 665 g/mol. The van der Waals surface area contributed by atoms with Gasteiger partial charge < -0.3 is 18.5 Å². The summed E-state index contributed by atoms with van der Waals surface area (Å²) in [5, 5.41) is 7.07. The van der Waals surface area contributed by atoms with Crippen molar-refractivity contribution in [1.29, 1.82) is 0 Å². The van der Waals surface area contributed by atoms with Gasteiger partial charge in [-0.15, -0.1) is 0 Å². The van der Waals surface area contributed by atoms with Gasteiger partial charge in [-0.3, -0.25) is 0 Å². The summed E-state index contributed by atoms with van der Waals surface area (Å²) < 4.78 is 11.3. The number of anilines is 3. The molecule has 11 aromatic rings. The van der Waals surface area contributed by atoms with Crippen LogP contribution in [0.15, 0.2) is 192 Å². The lowest BCUT2D eigenvalue weighted by Gasteiger charge is -2.27. The maximum Gasteiger partial charge on any atom is 0.137 e. The number of para-hydroxylation sites is 5. The molecule has 3 heterocycles. The Hall–Kier alpha value is -7.04. The van der Waals surface area contributed by atoms with Crippen LogP contribution in [0, 0.1) is 0 Å². The third-order valence-corrected chi connectivity index (χ3v) is 10.5. The Labute approximate surface area is 299 Å². The number of hydrogen-bond acceptors (Lipinski definition) is 2. The van der Waals surface area contributed by atoms with E-state index in [0.717, 1.165) is 61.4 Å². The lowest BCUT2D eigenvalue weighted by atomic mass is 10.1. The average Bonchev–Trinajstić information content (AvgIpc) is 3.86. The molecule has 0 fully saturated rings. The Bertz CT molecular complexity index is 3130. The molecule has 0 atom stereocenters. The van der Waals surface area contributed by atoms with Gasteiger partial charge in [0, 0.05) is 61.1 Å². The SMILES string of the molecule is c1ccc(-n2c3ccccc3c3ccc(N(c4ccc5c(c4)oc4ccccc45)c4cccc5c4c4ccccc4n5-c4ccccc4)cc32)cc1. The fourth-order valence-electron chi connectivity index (χ4n) is 8.28. The molecule has 0 aliphatic rings. The van der Waals surface area contributed by atoms with Crippen LogP contribution < -0.4 is 4.90 Å². The van der Waals surface area contributed by atoms with Gasteiger partial charge in [0.2, 0.25) is 0 Å². The van der Waals surface area contributed by atoms with Crippen LogP contribution in [0.5, 0.6) is 0 Å². The minimum Gasteiger partial charge on any atom is -0.456 e. The highest BCUT2D eigenvalue weighted by molar-refractivity contribution is 6.17. The molecule has 0 amide bonds. The molecule has 0 saturated carbocycles. The second-order valence-corrected chi connectivity index (χ2v) is 13.4. The fourth-order valence-corrected chi connectivity index (χ4v) is 8.28. The number of rotatable bonds is 5. The van der Waals surface area contributed by atoms with Crippen molar-refractivity contribution in [1.82, 2.24) is 9.13 Å². The van der Waals surface area contributed by atoms with Crippen LogP contribution in [0.1, 0.15) is 0 Å². The molecule has 0 aliphatic heterocycles. The first kappa shape index (κ1) is 28.8. The summed E-state index contributed by atoms with van der Waals surface area (Å²) in [6.45, 7) is 0. The molecule has 52 heavy (non-hydrogen) atoms. The van der Waals surface area contributed by atoms with Gasteiger partial charge in [0.1, 0.15) is 11.2 Å². The summed E-state index contributed by atoms with van der Waals surface area (Å²) in [6, 6.07) is 67.2. The van der Waals surface area contributed by atoms with Crippen molar-refractivity contribution in [2.24, 2.45) is 0 Å². The third-order valence-electron chi connectivity index (χ3n) is 10.5. The predicted octanol–water partition coefficient (Wildman–Crippen LogP) is 13.2. The Balaban J connectivity index is 1.24. The van der Waals surface area contributed by atoms with E-state index >= 15 is 0 Å². The van der Waals surface area contributed by atoms with Gasteiger partial charge in [-0.05, 0) is 78.9 Å². The van der Waals surface area contributed by atoms with E-state index in [0.29, 0.717) is 0 Å². The van der Waals surface area contributed by atoms with Gasteiger partial charge in [-0.1, -0.05) is 103 Å². The highest BCUT2D eigenvalue weighted by atomic mass is 16.3. The van der Waals surface area contributed by atoms with Crippen LogP contribution in [0.25, 0.3) is 76.9 Å². The third kappa shape index (κ3) is 4.21. The van der Waals surface area contributed by atoms with Gasteiger partial charge in [0.15, 0.2) is 0 Å². The quantitative estimate of drug-likeness (QED) is 0.183. The second-order valence-electron chi connectivity index (χ2n) is 13.4. The molecule has 0 bridgehead atoms. The lowest BCUT2D eigenvalue weighted by Crippen LogP contribution is -2.10. The van der Waals surface area contributed by atoms with Crippen molar-refractivity contribution < 1.29 is 4.42 Å². The average molecular weight is 666 g/mol. The predicted molar refractivity (Wildman–Crippen MR) is 217 cm³/mol. The van der Waals surface area contributed by atoms with Crippen molar-refractivity contribution in [3.05, 3.63) is 188 Å². The highest BCUT2D eigenvalue weighted by Gasteiger charge is 2.23. The van der Waals surface area contributed by atoms with Crippen molar-refractivity contribution in [3.63, 3.8) is 0 Å². The Morgan fingerprint density at radius 2 is 0.865 bits per heavy atom. The molecule has 4 nitrogen and oxygen atoms in total. The Morgan fingerprint density at radius 1 is 0.346 bits per heavy atom. The van der Waals surface area contributed by atoms with Crippen molar-refractivity contribution in [2.75, 3.05) is 4.90 Å². The molecule has 3 aromatic heterocycles.